The Labute approximate surface area is 173 Å². The fourth-order valence-corrected chi connectivity index (χ4v) is 3.46. The van der Waals surface area contributed by atoms with Crippen LogP contribution in [0.1, 0.15) is 6.42 Å². The van der Waals surface area contributed by atoms with Gasteiger partial charge in [-0.25, -0.2) is 4.68 Å². The van der Waals surface area contributed by atoms with Crippen LogP contribution in [-0.4, -0.2) is 42.2 Å². The highest BCUT2D eigenvalue weighted by Crippen LogP contribution is 2.18. The number of anilines is 1. The average Bonchev–Trinajstić information content (AvgIpc) is 3.24. The molecule has 10 nitrogen and oxygen atoms in total. The van der Waals surface area contributed by atoms with Crippen LogP contribution >= 0.6 is 11.8 Å². The molecule has 4 aromatic rings. The van der Waals surface area contributed by atoms with Gasteiger partial charge in [0.05, 0.1) is 23.0 Å². The number of rotatable bonds is 6. The smallest absolute Gasteiger partial charge is 0.273 e. The van der Waals surface area contributed by atoms with Crippen molar-refractivity contribution in [3.8, 4) is 5.69 Å². The fraction of sp³-hybridized carbons (Fsp3) is 0.158. The molecule has 2 heterocycles. The van der Waals surface area contributed by atoms with Crippen molar-refractivity contribution < 1.29 is 4.79 Å². The van der Waals surface area contributed by atoms with Gasteiger partial charge in [-0.15, -0.1) is 5.10 Å². The Morgan fingerprint density at radius 3 is 2.73 bits per heavy atom. The Morgan fingerprint density at radius 2 is 1.93 bits per heavy atom. The van der Waals surface area contributed by atoms with Gasteiger partial charge in [0.25, 0.3) is 11.1 Å². The highest BCUT2D eigenvalue weighted by Gasteiger charge is 2.11. The van der Waals surface area contributed by atoms with Crippen molar-refractivity contribution in [3.63, 3.8) is 0 Å². The van der Waals surface area contributed by atoms with E-state index in [4.69, 9.17) is 0 Å². The molecule has 0 spiro atoms. The maximum absolute atomic E-state index is 12.5. The summed E-state index contributed by atoms with van der Waals surface area (Å²) in [6, 6.07) is 13.7. The molecule has 30 heavy (non-hydrogen) atoms. The van der Waals surface area contributed by atoms with Crippen molar-refractivity contribution >= 4 is 34.1 Å². The highest BCUT2D eigenvalue weighted by atomic mass is 32.2. The first kappa shape index (κ1) is 19.6. The third kappa shape index (κ3) is 3.87. The minimum atomic E-state index is -0.371. The van der Waals surface area contributed by atoms with Crippen LogP contribution in [-0.2, 0) is 11.3 Å². The van der Waals surface area contributed by atoms with Crippen LogP contribution in [0.5, 0.6) is 0 Å². The zero-order valence-corrected chi connectivity index (χ0v) is 16.7. The number of fused-ring (bicyclic) bond motifs is 1. The normalized spacial score (nSPS) is 11.0. The molecule has 0 aliphatic rings. The number of aromatic amines is 1. The number of amides is 1. The zero-order chi connectivity index (χ0) is 21.1. The van der Waals surface area contributed by atoms with Gasteiger partial charge in [0.15, 0.2) is 0 Å². The first-order valence-electron chi connectivity index (χ1n) is 9.01. The predicted octanol–water partition coefficient (Wildman–Crippen LogP) is 1.42. The Morgan fingerprint density at radius 1 is 1.13 bits per heavy atom. The standard InChI is InChI=1S/C19H17N7O3S/c1-30-19-21-23-24-26(19)13-6-4-5-12(11-13)20-16(27)9-10-25-18(29)15-8-3-2-7-14(15)17(28)22-25/h2-8,11H,9-10H2,1H3,(H,20,27)(H,22,28). The first-order valence-corrected chi connectivity index (χ1v) is 10.2. The van der Waals surface area contributed by atoms with Crippen molar-refractivity contribution in [2.24, 2.45) is 0 Å². The van der Waals surface area contributed by atoms with Crippen molar-refractivity contribution in [1.29, 1.82) is 0 Å². The molecule has 4 rings (SSSR count). The number of hydrogen-bond donors (Lipinski definition) is 2. The van der Waals surface area contributed by atoms with Crippen molar-refractivity contribution in [3.05, 3.63) is 69.2 Å². The molecule has 2 N–H and O–H groups in total. The molecule has 2 aromatic carbocycles. The topological polar surface area (TPSA) is 128 Å². The van der Waals surface area contributed by atoms with Gasteiger partial charge in [0.2, 0.25) is 11.1 Å². The summed E-state index contributed by atoms with van der Waals surface area (Å²) in [6.07, 6.45) is 1.88. The molecule has 1 amide bonds. The number of carbonyl (C=O) groups is 1. The number of H-pyrrole nitrogens is 1. The summed E-state index contributed by atoms with van der Waals surface area (Å²) in [4.78, 5) is 37.1. The number of aryl methyl sites for hydroxylation is 1. The predicted molar refractivity (Wildman–Crippen MR) is 113 cm³/mol. The van der Waals surface area contributed by atoms with E-state index in [1.165, 1.54) is 11.8 Å². The lowest BCUT2D eigenvalue weighted by atomic mass is 10.2. The molecule has 152 valence electrons. The number of benzene rings is 2. The molecular weight excluding hydrogens is 406 g/mol. The van der Waals surface area contributed by atoms with Crippen LogP contribution < -0.4 is 16.4 Å². The van der Waals surface area contributed by atoms with E-state index in [2.05, 4.69) is 25.9 Å². The fourth-order valence-electron chi connectivity index (χ4n) is 3.02. The molecular formula is C19H17N7O3S. The van der Waals surface area contributed by atoms with Crippen LogP contribution in [0.25, 0.3) is 16.5 Å². The zero-order valence-electron chi connectivity index (χ0n) is 15.9. The maximum atomic E-state index is 12.5. The molecule has 0 aliphatic carbocycles. The van der Waals surface area contributed by atoms with Crippen LogP contribution in [0.2, 0.25) is 0 Å². The van der Waals surface area contributed by atoms with Crippen molar-refractivity contribution in [1.82, 2.24) is 30.0 Å². The van der Waals surface area contributed by atoms with E-state index in [1.807, 2.05) is 12.3 Å². The van der Waals surface area contributed by atoms with Gasteiger partial charge in [-0.2, -0.15) is 4.68 Å². The lowest BCUT2D eigenvalue weighted by Gasteiger charge is -2.09. The van der Waals surface area contributed by atoms with Gasteiger partial charge < -0.3 is 5.32 Å². The molecule has 0 bridgehead atoms. The third-order valence-corrected chi connectivity index (χ3v) is 5.06. The Balaban J connectivity index is 1.48. The first-order chi connectivity index (χ1) is 14.6. The summed E-state index contributed by atoms with van der Waals surface area (Å²) in [5, 5.41) is 18.1. The number of nitrogens with zero attached hydrogens (tertiary/aromatic N) is 5. The van der Waals surface area contributed by atoms with E-state index in [0.29, 0.717) is 27.3 Å². The summed E-state index contributed by atoms with van der Waals surface area (Å²) >= 11 is 1.40. The highest BCUT2D eigenvalue weighted by molar-refractivity contribution is 7.98. The maximum Gasteiger partial charge on any atom is 0.273 e. The van der Waals surface area contributed by atoms with E-state index < -0.39 is 0 Å². The molecule has 0 saturated heterocycles. The van der Waals surface area contributed by atoms with Gasteiger partial charge in [-0.1, -0.05) is 30.0 Å². The second-order valence-electron chi connectivity index (χ2n) is 6.37. The van der Waals surface area contributed by atoms with E-state index in [1.54, 1.807) is 47.1 Å². The number of nitrogens with one attached hydrogen (secondary N) is 2. The molecule has 0 unspecified atom stereocenters. The van der Waals surface area contributed by atoms with Gasteiger partial charge in [-0.3, -0.25) is 19.5 Å². The summed E-state index contributed by atoms with van der Waals surface area (Å²) < 4.78 is 2.73. The number of carbonyl (C=O) groups excluding carboxylic acids is 1. The monoisotopic (exact) mass is 423 g/mol. The van der Waals surface area contributed by atoms with Crippen LogP contribution in [0.4, 0.5) is 5.69 Å². The molecule has 0 radical (unpaired) electrons. The Kier molecular flexibility index (Phi) is 5.44. The summed E-state index contributed by atoms with van der Waals surface area (Å²) in [5.74, 6) is -0.296. The number of aromatic nitrogens is 6. The second kappa shape index (κ2) is 8.33. The molecule has 2 aromatic heterocycles. The van der Waals surface area contributed by atoms with Crippen molar-refractivity contribution in [2.45, 2.75) is 18.1 Å². The largest absolute Gasteiger partial charge is 0.326 e. The molecule has 0 saturated carbocycles. The summed E-state index contributed by atoms with van der Waals surface area (Å²) in [5.41, 5.74) is 0.559. The van der Waals surface area contributed by atoms with E-state index in [-0.39, 0.29) is 30.0 Å². The molecule has 0 aliphatic heterocycles. The van der Waals surface area contributed by atoms with Crippen LogP contribution in [0.3, 0.4) is 0 Å². The van der Waals surface area contributed by atoms with Crippen molar-refractivity contribution in [2.75, 3.05) is 11.6 Å². The van der Waals surface area contributed by atoms with Crippen LogP contribution in [0.15, 0.2) is 63.3 Å². The van der Waals surface area contributed by atoms with E-state index >= 15 is 0 Å². The minimum absolute atomic E-state index is 0.0133. The molecule has 11 heteroatoms. The Hall–Kier alpha value is -3.73. The molecule has 0 atom stereocenters. The quantitative estimate of drug-likeness (QED) is 0.449. The van der Waals surface area contributed by atoms with Gasteiger partial charge in [0.1, 0.15) is 0 Å². The van der Waals surface area contributed by atoms with Crippen LogP contribution in [0, 0.1) is 0 Å². The molecule has 0 fully saturated rings. The lowest BCUT2D eigenvalue weighted by Crippen LogP contribution is -2.31. The summed E-state index contributed by atoms with van der Waals surface area (Å²) in [7, 11) is 0. The van der Waals surface area contributed by atoms with Gasteiger partial charge >= 0.3 is 0 Å². The summed E-state index contributed by atoms with van der Waals surface area (Å²) in [6.45, 7) is 0.0497. The lowest BCUT2D eigenvalue weighted by molar-refractivity contribution is -0.116. The van der Waals surface area contributed by atoms with E-state index in [0.717, 1.165) is 4.68 Å². The Bertz CT molecular complexity index is 1340. The van der Waals surface area contributed by atoms with E-state index in [9.17, 15) is 14.4 Å². The van der Waals surface area contributed by atoms with Gasteiger partial charge in [-0.05, 0) is 47.0 Å². The average molecular weight is 423 g/mol. The third-order valence-electron chi connectivity index (χ3n) is 4.44. The number of hydrogen-bond acceptors (Lipinski definition) is 7. The SMILES string of the molecule is CSc1nnnn1-c1cccc(NC(=O)CCn2[nH]c(=O)c3ccccc3c2=O)c1. The number of thioether (sulfide) groups is 1. The number of tetrazole rings is 1. The second-order valence-corrected chi connectivity index (χ2v) is 7.14. The van der Waals surface area contributed by atoms with Gasteiger partial charge in [0, 0.05) is 12.1 Å². The minimum Gasteiger partial charge on any atom is -0.326 e.